The molecule has 0 bridgehead atoms. The van der Waals surface area contributed by atoms with Gasteiger partial charge in [0, 0.05) is 12.1 Å². The summed E-state index contributed by atoms with van der Waals surface area (Å²) in [5.74, 6) is 5.63. The molecule has 0 aromatic heterocycles. The van der Waals surface area contributed by atoms with Gasteiger partial charge in [0.25, 0.3) is 0 Å². The Balaban J connectivity index is 2.87. The number of methoxy groups -OCH3 is 1. The lowest BCUT2D eigenvalue weighted by molar-refractivity contribution is -0.0288. The number of hydrogen-bond acceptors (Lipinski definition) is 3. The van der Waals surface area contributed by atoms with E-state index in [1.807, 2.05) is 31.2 Å². The van der Waals surface area contributed by atoms with E-state index in [0.29, 0.717) is 0 Å². The largest absolute Gasteiger partial charge is 0.377 e. The normalized spacial score (nSPS) is 16.5. The summed E-state index contributed by atoms with van der Waals surface area (Å²) < 4.78 is 5.57. The summed E-state index contributed by atoms with van der Waals surface area (Å²) in [5, 5.41) is 0.766. The molecule has 17 heavy (non-hydrogen) atoms. The van der Waals surface area contributed by atoms with Crippen LogP contribution in [0.15, 0.2) is 24.3 Å². The molecular formula is C13H21ClN2O. The Morgan fingerprint density at radius 2 is 2.12 bits per heavy atom. The zero-order valence-corrected chi connectivity index (χ0v) is 11.4. The van der Waals surface area contributed by atoms with Crippen LogP contribution in [0.3, 0.4) is 0 Å². The second-order valence-corrected chi connectivity index (χ2v) is 4.79. The Labute approximate surface area is 108 Å². The van der Waals surface area contributed by atoms with Gasteiger partial charge in [-0.1, -0.05) is 36.7 Å². The average Bonchev–Trinajstić information content (AvgIpc) is 2.37. The molecule has 1 aromatic carbocycles. The van der Waals surface area contributed by atoms with Crippen molar-refractivity contribution in [3.63, 3.8) is 0 Å². The van der Waals surface area contributed by atoms with Gasteiger partial charge in [0.05, 0.1) is 11.6 Å². The highest BCUT2D eigenvalue weighted by Crippen LogP contribution is 2.24. The van der Waals surface area contributed by atoms with Crippen LogP contribution in [-0.4, -0.2) is 18.8 Å². The molecule has 3 nitrogen and oxygen atoms in total. The molecule has 1 rings (SSSR count). The van der Waals surface area contributed by atoms with Crippen molar-refractivity contribution in [2.75, 3.05) is 7.11 Å². The second kappa shape index (κ2) is 6.36. The topological polar surface area (TPSA) is 47.3 Å². The van der Waals surface area contributed by atoms with Crippen LogP contribution in [0, 0.1) is 0 Å². The number of hydrazine groups is 1. The highest BCUT2D eigenvalue weighted by Gasteiger charge is 2.32. The van der Waals surface area contributed by atoms with Crippen LogP contribution in [0.4, 0.5) is 0 Å². The van der Waals surface area contributed by atoms with Gasteiger partial charge in [-0.05, 0) is 31.4 Å². The smallest absolute Gasteiger partial charge is 0.0817 e. The first kappa shape index (κ1) is 14.5. The summed E-state index contributed by atoms with van der Waals surface area (Å²) in [6.07, 6.45) is 1.62. The van der Waals surface area contributed by atoms with E-state index < -0.39 is 0 Å². The first-order chi connectivity index (χ1) is 8.07. The summed E-state index contributed by atoms with van der Waals surface area (Å²) >= 11 is 6.15. The van der Waals surface area contributed by atoms with Crippen LogP contribution in [-0.2, 0) is 11.2 Å². The maximum absolute atomic E-state index is 6.15. The van der Waals surface area contributed by atoms with E-state index >= 15 is 0 Å². The van der Waals surface area contributed by atoms with E-state index in [4.69, 9.17) is 22.2 Å². The molecule has 3 N–H and O–H groups in total. The molecule has 0 radical (unpaired) electrons. The second-order valence-electron chi connectivity index (χ2n) is 4.39. The summed E-state index contributed by atoms with van der Waals surface area (Å²) in [7, 11) is 1.71. The molecule has 0 aliphatic carbocycles. The number of benzene rings is 1. The van der Waals surface area contributed by atoms with Gasteiger partial charge in [0.2, 0.25) is 0 Å². The quantitative estimate of drug-likeness (QED) is 0.607. The van der Waals surface area contributed by atoms with Gasteiger partial charge >= 0.3 is 0 Å². The fourth-order valence-electron chi connectivity index (χ4n) is 1.87. The van der Waals surface area contributed by atoms with Gasteiger partial charge in [0.1, 0.15) is 0 Å². The van der Waals surface area contributed by atoms with Crippen LogP contribution in [0.1, 0.15) is 25.8 Å². The molecule has 0 spiro atoms. The Bertz CT molecular complexity index is 353. The zero-order valence-electron chi connectivity index (χ0n) is 10.7. The SMILES string of the molecule is CCC(C)(OC)C(Cc1ccccc1Cl)NN. The highest BCUT2D eigenvalue weighted by atomic mass is 35.5. The lowest BCUT2D eigenvalue weighted by atomic mass is 9.89. The maximum Gasteiger partial charge on any atom is 0.0817 e. The summed E-state index contributed by atoms with van der Waals surface area (Å²) in [5.41, 5.74) is 3.62. The number of rotatable bonds is 6. The van der Waals surface area contributed by atoms with Crippen LogP contribution < -0.4 is 11.3 Å². The third-order valence-electron chi connectivity index (χ3n) is 3.49. The van der Waals surface area contributed by atoms with Crippen molar-refractivity contribution in [2.45, 2.75) is 38.3 Å². The van der Waals surface area contributed by atoms with Gasteiger partial charge in [-0.25, -0.2) is 0 Å². The Hall–Kier alpha value is -0.610. The fourth-order valence-corrected chi connectivity index (χ4v) is 2.08. The molecule has 0 saturated carbocycles. The van der Waals surface area contributed by atoms with Gasteiger partial charge in [-0.15, -0.1) is 0 Å². The molecule has 0 aliphatic rings. The first-order valence-electron chi connectivity index (χ1n) is 5.82. The fraction of sp³-hybridized carbons (Fsp3) is 0.538. The lowest BCUT2D eigenvalue weighted by Crippen LogP contribution is -2.53. The number of nitrogens with two attached hydrogens (primary N) is 1. The van der Waals surface area contributed by atoms with Crippen molar-refractivity contribution in [1.29, 1.82) is 0 Å². The first-order valence-corrected chi connectivity index (χ1v) is 6.20. The molecular weight excluding hydrogens is 236 g/mol. The predicted molar refractivity (Wildman–Crippen MR) is 72.0 cm³/mol. The summed E-state index contributed by atoms with van der Waals surface area (Å²) in [6.45, 7) is 4.13. The van der Waals surface area contributed by atoms with E-state index in [0.717, 1.165) is 23.4 Å². The number of halogens is 1. The molecule has 4 heteroatoms. The molecule has 0 fully saturated rings. The third-order valence-corrected chi connectivity index (χ3v) is 3.86. The predicted octanol–water partition coefficient (Wildman–Crippen LogP) is 2.53. The number of ether oxygens (including phenoxy) is 1. The van der Waals surface area contributed by atoms with Crippen molar-refractivity contribution in [1.82, 2.24) is 5.43 Å². The van der Waals surface area contributed by atoms with Gasteiger partial charge in [0.15, 0.2) is 0 Å². The maximum atomic E-state index is 6.15. The summed E-state index contributed by atoms with van der Waals surface area (Å²) in [4.78, 5) is 0. The standard InChI is InChI=1S/C13H21ClN2O/c1-4-13(2,17-3)12(16-15)9-10-7-5-6-8-11(10)14/h5-8,12,16H,4,9,15H2,1-3H3. The van der Waals surface area contributed by atoms with Crippen molar-refractivity contribution >= 4 is 11.6 Å². The Morgan fingerprint density at radius 3 is 2.59 bits per heavy atom. The lowest BCUT2D eigenvalue weighted by Gasteiger charge is -2.35. The van der Waals surface area contributed by atoms with Crippen LogP contribution >= 0.6 is 11.6 Å². The highest BCUT2D eigenvalue weighted by molar-refractivity contribution is 6.31. The molecule has 0 saturated heterocycles. The molecule has 2 atom stereocenters. The van der Waals surface area contributed by atoms with E-state index in [2.05, 4.69) is 12.3 Å². The minimum atomic E-state index is -0.298. The van der Waals surface area contributed by atoms with Crippen LogP contribution in [0.2, 0.25) is 5.02 Å². The van der Waals surface area contributed by atoms with Crippen molar-refractivity contribution < 1.29 is 4.74 Å². The van der Waals surface area contributed by atoms with E-state index in [1.165, 1.54) is 0 Å². The van der Waals surface area contributed by atoms with E-state index in [-0.39, 0.29) is 11.6 Å². The minimum absolute atomic E-state index is 0.0254. The summed E-state index contributed by atoms with van der Waals surface area (Å²) in [6, 6.07) is 7.83. The van der Waals surface area contributed by atoms with Crippen LogP contribution in [0.25, 0.3) is 0 Å². The number of hydrogen-bond donors (Lipinski definition) is 2. The number of nitrogens with one attached hydrogen (secondary N) is 1. The molecule has 1 aromatic rings. The zero-order chi connectivity index (χ0) is 12.9. The Kier molecular flexibility index (Phi) is 5.40. The third kappa shape index (κ3) is 3.42. The molecule has 0 heterocycles. The Morgan fingerprint density at radius 1 is 1.47 bits per heavy atom. The molecule has 0 amide bonds. The van der Waals surface area contributed by atoms with Crippen molar-refractivity contribution in [3.8, 4) is 0 Å². The van der Waals surface area contributed by atoms with Crippen molar-refractivity contribution in [3.05, 3.63) is 34.9 Å². The van der Waals surface area contributed by atoms with Gasteiger partial charge in [-0.2, -0.15) is 0 Å². The van der Waals surface area contributed by atoms with Crippen molar-refractivity contribution in [2.24, 2.45) is 5.84 Å². The van der Waals surface area contributed by atoms with E-state index in [1.54, 1.807) is 7.11 Å². The molecule has 2 unspecified atom stereocenters. The van der Waals surface area contributed by atoms with E-state index in [9.17, 15) is 0 Å². The molecule has 0 aliphatic heterocycles. The molecule has 96 valence electrons. The van der Waals surface area contributed by atoms with Gasteiger partial charge < -0.3 is 4.74 Å². The van der Waals surface area contributed by atoms with Gasteiger partial charge in [-0.3, -0.25) is 11.3 Å². The average molecular weight is 257 g/mol. The monoisotopic (exact) mass is 256 g/mol. The minimum Gasteiger partial charge on any atom is -0.377 e. The van der Waals surface area contributed by atoms with Crippen LogP contribution in [0.5, 0.6) is 0 Å².